The highest BCUT2D eigenvalue weighted by Gasteiger charge is 2.31. The van der Waals surface area contributed by atoms with Crippen molar-refractivity contribution in [2.45, 2.75) is 6.42 Å². The molecule has 0 aliphatic carbocycles. The summed E-state index contributed by atoms with van der Waals surface area (Å²) in [6, 6.07) is 1.71. The van der Waals surface area contributed by atoms with Gasteiger partial charge in [-0.3, -0.25) is 4.79 Å². The lowest BCUT2D eigenvalue weighted by molar-refractivity contribution is -0.117. The Labute approximate surface area is 104 Å². The summed E-state index contributed by atoms with van der Waals surface area (Å²) in [6.07, 6.45) is 2.07. The summed E-state index contributed by atoms with van der Waals surface area (Å²) in [5, 5.41) is 0.236. The number of halogens is 1. The molecule has 2 heterocycles. The van der Waals surface area contributed by atoms with E-state index in [1.54, 1.807) is 17.2 Å². The van der Waals surface area contributed by atoms with Crippen LogP contribution in [0.2, 0.25) is 5.15 Å². The predicted octanol–water partition coefficient (Wildman–Crippen LogP) is 1.60. The van der Waals surface area contributed by atoms with Gasteiger partial charge in [-0.1, -0.05) is 11.6 Å². The van der Waals surface area contributed by atoms with Crippen LogP contribution < -0.4 is 10.6 Å². The van der Waals surface area contributed by atoms with E-state index in [9.17, 15) is 4.79 Å². The highest BCUT2D eigenvalue weighted by Crippen LogP contribution is 2.32. The lowest BCUT2D eigenvalue weighted by Crippen LogP contribution is -2.25. The Bertz CT molecular complexity index is 427. The fraction of sp³-hybridized carbons (Fsp3) is 0.400. The van der Waals surface area contributed by atoms with Gasteiger partial charge < -0.3 is 10.6 Å². The van der Waals surface area contributed by atoms with Crippen molar-refractivity contribution in [1.29, 1.82) is 0 Å². The van der Waals surface area contributed by atoms with E-state index in [0.717, 1.165) is 0 Å². The third-order valence-corrected chi connectivity index (χ3v) is 3.49. The van der Waals surface area contributed by atoms with E-state index in [1.807, 2.05) is 0 Å². The molecule has 1 aromatic heterocycles. The SMILES string of the molecule is Nc1c(N2CC(CS)CC2=O)ccnc1Cl. The smallest absolute Gasteiger partial charge is 0.227 e. The Morgan fingerprint density at radius 3 is 3.06 bits per heavy atom. The maximum absolute atomic E-state index is 11.8. The number of thiol groups is 1. The molecule has 0 bridgehead atoms. The number of nitrogens with two attached hydrogens (primary N) is 1. The summed E-state index contributed by atoms with van der Waals surface area (Å²) in [7, 11) is 0. The van der Waals surface area contributed by atoms with Crippen LogP contribution in [-0.2, 0) is 4.79 Å². The molecule has 1 atom stereocenters. The van der Waals surface area contributed by atoms with Crippen molar-refractivity contribution < 1.29 is 4.79 Å². The standard InChI is InChI=1S/C10H12ClN3OS/c11-10-9(12)7(1-2-13-10)14-4-6(5-16)3-8(14)15/h1-2,6,16H,3-5,12H2. The highest BCUT2D eigenvalue weighted by atomic mass is 35.5. The van der Waals surface area contributed by atoms with Crippen molar-refractivity contribution >= 4 is 41.5 Å². The number of pyridine rings is 1. The van der Waals surface area contributed by atoms with Crippen molar-refractivity contribution in [3.8, 4) is 0 Å². The fourth-order valence-electron chi connectivity index (χ4n) is 1.81. The van der Waals surface area contributed by atoms with Gasteiger partial charge in [-0.15, -0.1) is 0 Å². The largest absolute Gasteiger partial charge is 0.395 e. The summed E-state index contributed by atoms with van der Waals surface area (Å²) < 4.78 is 0. The Morgan fingerprint density at radius 1 is 1.69 bits per heavy atom. The highest BCUT2D eigenvalue weighted by molar-refractivity contribution is 7.80. The van der Waals surface area contributed by atoms with Crippen LogP contribution in [0.1, 0.15) is 6.42 Å². The van der Waals surface area contributed by atoms with Gasteiger partial charge in [0.1, 0.15) is 0 Å². The van der Waals surface area contributed by atoms with E-state index in [2.05, 4.69) is 17.6 Å². The number of anilines is 2. The minimum atomic E-state index is 0.0630. The summed E-state index contributed by atoms with van der Waals surface area (Å²) in [5.74, 6) is 1.04. The van der Waals surface area contributed by atoms with Crippen molar-refractivity contribution in [2.24, 2.45) is 5.92 Å². The number of hydrogen-bond acceptors (Lipinski definition) is 4. The van der Waals surface area contributed by atoms with Gasteiger partial charge in [0, 0.05) is 19.2 Å². The Hall–Kier alpha value is -0.940. The summed E-state index contributed by atoms with van der Waals surface area (Å²) in [6.45, 7) is 0.646. The monoisotopic (exact) mass is 257 g/mol. The normalized spacial score (nSPS) is 20.5. The molecule has 1 amide bonds. The minimum Gasteiger partial charge on any atom is -0.395 e. The molecule has 1 saturated heterocycles. The number of hydrogen-bond donors (Lipinski definition) is 2. The first-order valence-corrected chi connectivity index (χ1v) is 5.95. The van der Waals surface area contributed by atoms with Gasteiger partial charge >= 0.3 is 0 Å². The fourth-order valence-corrected chi connectivity index (χ4v) is 2.21. The van der Waals surface area contributed by atoms with Crippen LogP contribution in [0.25, 0.3) is 0 Å². The zero-order valence-electron chi connectivity index (χ0n) is 8.56. The van der Waals surface area contributed by atoms with Crippen LogP contribution in [0, 0.1) is 5.92 Å². The number of carbonyl (C=O) groups excluding carboxylic acids is 1. The Kier molecular flexibility index (Phi) is 3.25. The summed E-state index contributed by atoms with van der Waals surface area (Å²) in [4.78, 5) is 17.3. The lowest BCUT2D eigenvalue weighted by atomic mass is 10.1. The maximum Gasteiger partial charge on any atom is 0.227 e. The van der Waals surface area contributed by atoms with Crippen LogP contribution in [-0.4, -0.2) is 23.2 Å². The number of nitrogens with zero attached hydrogens (tertiary/aromatic N) is 2. The first kappa shape index (κ1) is 11.5. The van der Waals surface area contributed by atoms with Gasteiger partial charge in [0.2, 0.25) is 5.91 Å². The molecule has 0 aromatic carbocycles. The molecule has 0 saturated carbocycles. The zero-order chi connectivity index (χ0) is 11.7. The van der Waals surface area contributed by atoms with Crippen LogP contribution >= 0.6 is 24.2 Å². The summed E-state index contributed by atoms with van der Waals surface area (Å²) >= 11 is 10.0. The van der Waals surface area contributed by atoms with Gasteiger partial charge in [0.15, 0.2) is 5.15 Å². The molecule has 1 unspecified atom stereocenters. The van der Waals surface area contributed by atoms with Gasteiger partial charge in [0.05, 0.1) is 11.4 Å². The molecular formula is C10H12ClN3OS. The van der Waals surface area contributed by atoms with E-state index >= 15 is 0 Å². The number of amides is 1. The molecule has 2 rings (SSSR count). The van der Waals surface area contributed by atoms with Gasteiger partial charge in [-0.25, -0.2) is 4.98 Å². The molecule has 16 heavy (non-hydrogen) atoms. The van der Waals surface area contributed by atoms with E-state index in [4.69, 9.17) is 17.3 Å². The molecule has 0 spiro atoms. The quantitative estimate of drug-likeness (QED) is 0.625. The van der Waals surface area contributed by atoms with Crippen molar-refractivity contribution in [1.82, 2.24) is 4.98 Å². The van der Waals surface area contributed by atoms with Crippen molar-refractivity contribution in [3.05, 3.63) is 17.4 Å². The van der Waals surface area contributed by atoms with Crippen molar-refractivity contribution in [3.63, 3.8) is 0 Å². The Morgan fingerprint density at radius 2 is 2.44 bits per heavy atom. The first-order valence-electron chi connectivity index (χ1n) is 4.94. The number of rotatable bonds is 2. The second-order valence-corrected chi connectivity index (χ2v) is 4.51. The second-order valence-electron chi connectivity index (χ2n) is 3.79. The van der Waals surface area contributed by atoms with E-state index in [1.165, 1.54) is 0 Å². The molecule has 2 N–H and O–H groups in total. The van der Waals surface area contributed by atoms with Crippen LogP contribution in [0.15, 0.2) is 12.3 Å². The molecule has 1 aliphatic rings. The van der Waals surface area contributed by atoms with Crippen LogP contribution in [0.5, 0.6) is 0 Å². The molecule has 6 heteroatoms. The van der Waals surface area contributed by atoms with Gasteiger partial charge in [-0.05, 0) is 17.7 Å². The van der Waals surface area contributed by atoms with Crippen LogP contribution in [0.4, 0.5) is 11.4 Å². The minimum absolute atomic E-state index is 0.0630. The van der Waals surface area contributed by atoms with Crippen LogP contribution in [0.3, 0.4) is 0 Å². The van der Waals surface area contributed by atoms with E-state index in [-0.39, 0.29) is 17.0 Å². The average molecular weight is 258 g/mol. The molecule has 4 nitrogen and oxygen atoms in total. The third kappa shape index (κ3) is 1.97. The molecule has 0 radical (unpaired) electrons. The average Bonchev–Trinajstić information content (AvgIpc) is 2.64. The predicted molar refractivity (Wildman–Crippen MR) is 68.0 cm³/mol. The first-order chi connectivity index (χ1) is 7.63. The molecule has 1 fully saturated rings. The van der Waals surface area contributed by atoms with E-state index in [0.29, 0.717) is 30.1 Å². The van der Waals surface area contributed by atoms with Crippen molar-refractivity contribution in [2.75, 3.05) is 22.9 Å². The Balaban J connectivity index is 2.31. The summed E-state index contributed by atoms with van der Waals surface area (Å²) in [5.41, 5.74) is 6.81. The molecule has 1 aromatic rings. The van der Waals surface area contributed by atoms with Gasteiger partial charge in [-0.2, -0.15) is 12.6 Å². The number of nitrogen functional groups attached to an aromatic ring is 1. The maximum atomic E-state index is 11.8. The number of aromatic nitrogens is 1. The molecule has 1 aliphatic heterocycles. The molecular weight excluding hydrogens is 246 g/mol. The third-order valence-electron chi connectivity index (χ3n) is 2.67. The van der Waals surface area contributed by atoms with Gasteiger partial charge in [0.25, 0.3) is 0 Å². The number of carbonyl (C=O) groups is 1. The second kappa shape index (κ2) is 4.51. The lowest BCUT2D eigenvalue weighted by Gasteiger charge is -2.18. The van der Waals surface area contributed by atoms with E-state index < -0.39 is 0 Å². The molecule has 86 valence electrons. The topological polar surface area (TPSA) is 59.2 Å². The zero-order valence-corrected chi connectivity index (χ0v) is 10.2.